The zero-order valence-electron chi connectivity index (χ0n) is 18.8. The van der Waals surface area contributed by atoms with Gasteiger partial charge in [0.2, 0.25) is 0 Å². The molecule has 0 spiro atoms. The minimum Gasteiger partial charge on any atom is -0.462 e. The Hall–Kier alpha value is -2.17. The minimum absolute atomic E-state index is 0.0195. The summed E-state index contributed by atoms with van der Waals surface area (Å²) in [6, 6.07) is 8.85. The lowest BCUT2D eigenvalue weighted by Gasteiger charge is -2.36. The van der Waals surface area contributed by atoms with Crippen LogP contribution in [-0.2, 0) is 19.1 Å². The Kier molecular flexibility index (Phi) is 9.54. The first-order valence-corrected chi connectivity index (χ1v) is 11.2. The molecule has 0 radical (unpaired) electrons. The van der Waals surface area contributed by atoms with Crippen LogP contribution in [0.4, 0.5) is 0 Å². The molecule has 0 bridgehead atoms. The van der Waals surface area contributed by atoms with Crippen molar-refractivity contribution in [2.45, 2.75) is 78.7 Å². The summed E-state index contributed by atoms with van der Waals surface area (Å²) in [4.78, 5) is 36.6. The summed E-state index contributed by atoms with van der Waals surface area (Å²) in [6.07, 6.45) is 4.26. The standard InChI is InChI=1S/C25H36O5/c1-17(2)22-14-10-18(3)16-23(22)30-24(27)15-13-20(12-11-19(4)26)25(28)29-21-8-6-5-7-9-21/h5-9,17-18,20,22-23H,10-16H2,1-4H3/t18-,20?,22+,23-/m0/s1. The van der Waals surface area contributed by atoms with Crippen molar-refractivity contribution in [3.8, 4) is 5.75 Å². The SMILES string of the molecule is CC(=O)CCC(CCC(=O)O[C@H]1C[C@@H](C)CC[C@@H]1C(C)C)C(=O)Oc1ccccc1. The summed E-state index contributed by atoms with van der Waals surface area (Å²) in [5.74, 6) is 0.734. The first kappa shape index (κ1) is 24.1. The lowest BCUT2D eigenvalue weighted by atomic mass is 9.75. The van der Waals surface area contributed by atoms with Crippen molar-refractivity contribution in [2.75, 3.05) is 0 Å². The predicted octanol–water partition coefficient (Wildman–Crippen LogP) is 5.36. The number of benzene rings is 1. The molecule has 1 fully saturated rings. The van der Waals surface area contributed by atoms with Gasteiger partial charge in [-0.05, 0) is 62.5 Å². The van der Waals surface area contributed by atoms with Gasteiger partial charge in [0.1, 0.15) is 17.6 Å². The molecule has 4 atom stereocenters. The number of hydrogen-bond donors (Lipinski definition) is 0. The maximum absolute atomic E-state index is 12.6. The van der Waals surface area contributed by atoms with E-state index in [-0.39, 0.29) is 24.3 Å². The number of rotatable bonds is 10. The van der Waals surface area contributed by atoms with Gasteiger partial charge in [0, 0.05) is 12.8 Å². The van der Waals surface area contributed by atoms with Crippen LogP contribution in [0.5, 0.6) is 5.75 Å². The Morgan fingerprint density at radius 1 is 1.03 bits per heavy atom. The number of hydrogen-bond acceptors (Lipinski definition) is 5. The van der Waals surface area contributed by atoms with E-state index in [9.17, 15) is 14.4 Å². The number of esters is 2. The van der Waals surface area contributed by atoms with Gasteiger partial charge >= 0.3 is 11.9 Å². The second-order valence-corrected chi connectivity index (χ2v) is 9.06. The molecule has 0 aliphatic heterocycles. The summed E-state index contributed by atoms with van der Waals surface area (Å²) >= 11 is 0. The molecule has 0 amide bonds. The summed E-state index contributed by atoms with van der Waals surface area (Å²) in [5.41, 5.74) is 0. The highest BCUT2D eigenvalue weighted by Gasteiger charge is 2.33. The van der Waals surface area contributed by atoms with E-state index in [2.05, 4.69) is 20.8 Å². The van der Waals surface area contributed by atoms with Crippen molar-refractivity contribution in [3.05, 3.63) is 30.3 Å². The fourth-order valence-electron chi connectivity index (χ4n) is 4.22. The smallest absolute Gasteiger partial charge is 0.314 e. The molecule has 166 valence electrons. The molecule has 1 aromatic carbocycles. The van der Waals surface area contributed by atoms with E-state index in [4.69, 9.17) is 9.47 Å². The Morgan fingerprint density at radius 3 is 2.33 bits per heavy atom. The quantitative estimate of drug-likeness (QED) is 0.379. The zero-order chi connectivity index (χ0) is 22.1. The average Bonchev–Trinajstić information content (AvgIpc) is 2.68. The van der Waals surface area contributed by atoms with Crippen LogP contribution in [0.25, 0.3) is 0 Å². The molecular weight excluding hydrogens is 380 g/mol. The van der Waals surface area contributed by atoms with E-state index in [1.807, 2.05) is 6.07 Å². The van der Waals surface area contributed by atoms with Gasteiger partial charge in [0.05, 0.1) is 5.92 Å². The fourth-order valence-corrected chi connectivity index (χ4v) is 4.22. The summed E-state index contributed by atoms with van der Waals surface area (Å²) in [6.45, 7) is 8.07. The van der Waals surface area contributed by atoms with E-state index < -0.39 is 11.9 Å². The molecule has 30 heavy (non-hydrogen) atoms. The zero-order valence-corrected chi connectivity index (χ0v) is 18.8. The lowest BCUT2D eigenvalue weighted by Crippen LogP contribution is -2.36. The van der Waals surface area contributed by atoms with Crippen LogP contribution in [0.1, 0.15) is 72.6 Å². The van der Waals surface area contributed by atoms with Crippen LogP contribution in [-0.4, -0.2) is 23.8 Å². The Balaban J connectivity index is 1.93. The van der Waals surface area contributed by atoms with Gasteiger partial charge in [-0.3, -0.25) is 9.59 Å². The monoisotopic (exact) mass is 416 g/mol. The van der Waals surface area contributed by atoms with Crippen molar-refractivity contribution in [1.82, 2.24) is 0 Å². The highest BCUT2D eigenvalue weighted by molar-refractivity contribution is 5.79. The minimum atomic E-state index is -0.507. The lowest BCUT2D eigenvalue weighted by molar-refractivity contribution is -0.156. The van der Waals surface area contributed by atoms with Crippen LogP contribution in [0.15, 0.2) is 30.3 Å². The summed E-state index contributed by atoms with van der Waals surface area (Å²) < 4.78 is 11.3. The number of Topliss-reactive ketones (excluding diaryl/α,β-unsaturated/α-hetero) is 1. The van der Waals surface area contributed by atoms with Crippen LogP contribution in [0.2, 0.25) is 0 Å². The highest BCUT2D eigenvalue weighted by Crippen LogP contribution is 2.35. The Bertz CT molecular complexity index is 697. The van der Waals surface area contributed by atoms with E-state index in [1.54, 1.807) is 24.3 Å². The highest BCUT2D eigenvalue weighted by atomic mass is 16.5. The first-order chi connectivity index (χ1) is 14.3. The van der Waals surface area contributed by atoms with Crippen LogP contribution in [0, 0.1) is 23.7 Å². The Labute approximate surface area is 180 Å². The number of carbonyl (C=O) groups excluding carboxylic acids is 3. The summed E-state index contributed by atoms with van der Waals surface area (Å²) in [5, 5.41) is 0. The van der Waals surface area contributed by atoms with Gasteiger partial charge < -0.3 is 14.3 Å². The largest absolute Gasteiger partial charge is 0.462 e. The van der Waals surface area contributed by atoms with Crippen molar-refractivity contribution in [2.24, 2.45) is 23.7 Å². The molecule has 1 saturated carbocycles. The van der Waals surface area contributed by atoms with Gasteiger partial charge in [-0.1, -0.05) is 45.4 Å². The Morgan fingerprint density at radius 2 is 1.70 bits per heavy atom. The maximum atomic E-state index is 12.6. The molecule has 1 aromatic rings. The number of ether oxygens (including phenoxy) is 2. The van der Waals surface area contributed by atoms with Crippen molar-refractivity contribution in [3.63, 3.8) is 0 Å². The van der Waals surface area contributed by atoms with Crippen molar-refractivity contribution >= 4 is 17.7 Å². The number of ketones is 1. The van der Waals surface area contributed by atoms with E-state index >= 15 is 0 Å². The molecule has 1 unspecified atom stereocenters. The first-order valence-electron chi connectivity index (χ1n) is 11.2. The molecule has 0 N–H and O–H groups in total. The van der Waals surface area contributed by atoms with Gasteiger partial charge in [-0.2, -0.15) is 0 Å². The number of carbonyl (C=O) groups is 3. The molecular formula is C25H36O5. The molecule has 5 nitrogen and oxygen atoms in total. The third kappa shape index (κ3) is 7.92. The maximum Gasteiger partial charge on any atom is 0.314 e. The molecule has 2 rings (SSSR count). The molecule has 1 aliphatic rings. The van der Waals surface area contributed by atoms with E-state index in [1.165, 1.54) is 13.3 Å². The second kappa shape index (κ2) is 11.9. The average molecular weight is 417 g/mol. The summed E-state index contributed by atoms with van der Waals surface area (Å²) in [7, 11) is 0. The van der Waals surface area contributed by atoms with Crippen LogP contribution < -0.4 is 4.74 Å². The molecule has 0 aromatic heterocycles. The molecule has 0 saturated heterocycles. The predicted molar refractivity (Wildman–Crippen MR) is 116 cm³/mol. The van der Waals surface area contributed by atoms with E-state index in [0.29, 0.717) is 42.8 Å². The third-order valence-corrected chi connectivity index (χ3v) is 6.08. The number of para-hydroxylation sites is 1. The van der Waals surface area contributed by atoms with Crippen molar-refractivity contribution < 1.29 is 23.9 Å². The van der Waals surface area contributed by atoms with Crippen LogP contribution in [0.3, 0.4) is 0 Å². The molecule has 5 heteroatoms. The van der Waals surface area contributed by atoms with Crippen molar-refractivity contribution in [1.29, 1.82) is 0 Å². The topological polar surface area (TPSA) is 69.7 Å². The van der Waals surface area contributed by atoms with E-state index in [0.717, 1.165) is 12.8 Å². The van der Waals surface area contributed by atoms with Gasteiger partial charge in [0.25, 0.3) is 0 Å². The normalized spacial score (nSPS) is 22.4. The van der Waals surface area contributed by atoms with Crippen LogP contribution >= 0.6 is 0 Å². The fraction of sp³-hybridized carbons (Fsp3) is 0.640. The second-order valence-electron chi connectivity index (χ2n) is 9.06. The van der Waals surface area contributed by atoms with Gasteiger partial charge in [-0.25, -0.2) is 0 Å². The van der Waals surface area contributed by atoms with Gasteiger partial charge in [-0.15, -0.1) is 0 Å². The molecule has 1 aliphatic carbocycles. The molecule has 0 heterocycles. The van der Waals surface area contributed by atoms with Gasteiger partial charge in [0.15, 0.2) is 0 Å². The third-order valence-electron chi connectivity index (χ3n) is 6.08.